The lowest BCUT2D eigenvalue weighted by Gasteiger charge is -2.35. The van der Waals surface area contributed by atoms with Gasteiger partial charge < -0.3 is 24.1 Å². The minimum Gasteiger partial charge on any atom is -0.495 e. The Morgan fingerprint density at radius 1 is 0.940 bits per heavy atom. The Bertz CT molecular complexity index is 1620. The van der Waals surface area contributed by atoms with E-state index < -0.39 is 0 Å². The number of anilines is 1. The number of likely N-dealkylation sites (tertiary alicyclic amines) is 1. The van der Waals surface area contributed by atoms with E-state index in [0.29, 0.717) is 55.8 Å². The van der Waals surface area contributed by atoms with Crippen molar-refractivity contribution in [3.8, 4) is 17.0 Å². The Hall–Kier alpha value is -3.99. The van der Waals surface area contributed by atoms with Crippen LogP contribution in [0.1, 0.15) is 106 Å². The molecule has 4 heterocycles. The van der Waals surface area contributed by atoms with E-state index in [9.17, 15) is 9.59 Å². The first-order chi connectivity index (χ1) is 24.3. The second-order valence-corrected chi connectivity index (χ2v) is 15.0. The maximum absolute atomic E-state index is 14.4. The van der Waals surface area contributed by atoms with Gasteiger partial charge in [-0.2, -0.15) is 0 Å². The van der Waals surface area contributed by atoms with Crippen molar-refractivity contribution in [3.05, 3.63) is 54.0 Å². The molecule has 1 aliphatic heterocycles. The molecule has 4 aliphatic rings. The zero-order valence-electron chi connectivity index (χ0n) is 29.8. The molecule has 0 radical (unpaired) electrons. The van der Waals surface area contributed by atoms with E-state index in [1.165, 1.54) is 0 Å². The number of alkyl carbamates (subject to hydrolysis) is 1. The fourth-order valence-electron chi connectivity index (χ4n) is 8.02. The van der Waals surface area contributed by atoms with Gasteiger partial charge in [0.25, 0.3) is 0 Å². The fraction of sp³-hybridized carbons (Fsp3) is 0.615. The summed E-state index contributed by atoms with van der Waals surface area (Å²) in [5, 5.41) is 3.06. The minimum atomic E-state index is -0.328. The number of aromatic nitrogens is 3. The smallest absolute Gasteiger partial charge is 0.407 e. The third-order valence-electron chi connectivity index (χ3n) is 11.4. The van der Waals surface area contributed by atoms with E-state index in [0.717, 1.165) is 98.7 Å². The molecule has 3 aromatic heterocycles. The summed E-state index contributed by atoms with van der Waals surface area (Å²) in [7, 11) is 3.79. The summed E-state index contributed by atoms with van der Waals surface area (Å²) in [4.78, 5) is 45.7. The van der Waals surface area contributed by atoms with E-state index in [1.54, 1.807) is 19.6 Å². The maximum Gasteiger partial charge on any atom is 0.407 e. The molecule has 3 saturated carbocycles. The predicted molar refractivity (Wildman–Crippen MR) is 190 cm³/mol. The van der Waals surface area contributed by atoms with E-state index >= 15 is 0 Å². The number of hydrogen-bond donors (Lipinski definition) is 1. The number of oxazole rings is 1. The molecule has 4 fully saturated rings. The topological polar surface area (TPSA) is 123 Å². The molecular formula is C39H52N6O5. The molecule has 0 spiro atoms. The summed E-state index contributed by atoms with van der Waals surface area (Å²) < 4.78 is 17.1. The summed E-state index contributed by atoms with van der Waals surface area (Å²) in [6.07, 6.45) is 14.0. The van der Waals surface area contributed by atoms with Crippen LogP contribution in [0, 0.1) is 18.8 Å². The molecule has 268 valence electrons. The van der Waals surface area contributed by atoms with Crippen LogP contribution in [0.15, 0.2) is 41.1 Å². The van der Waals surface area contributed by atoms with Crippen molar-refractivity contribution in [2.45, 2.75) is 108 Å². The standard InChI is InChI=1S/C39H52N6O5/c1-25-35(48-3)15-14-33(41-25)27-6-4-26(5-7-27)23-45(36-22-30(16-19-40-36)34-24-49-37(43-34)28-8-9-28)38(46)29-10-12-32(13-11-29)50-39(47)42-31-17-20-44(2)21-18-31/h14-16,19,22,24,26-29,31-32H,4-13,17-18,20-21,23H2,1-3H3,(H,42,47)/t26-,27-,29-,32-. The number of ether oxygens (including phenoxy) is 2. The number of piperidine rings is 1. The quantitative estimate of drug-likeness (QED) is 0.240. The number of carbonyl (C=O) groups is 2. The molecule has 0 bridgehead atoms. The number of hydrogen-bond acceptors (Lipinski definition) is 9. The SMILES string of the molecule is COc1ccc([C@H]2CC[C@H](CN(c3cc(-c4coc(C5CC5)n4)ccn3)C(=O)[C@H]3CC[C@H](OC(=O)NC4CCN(C)CC4)CC3)CC2)nc1C. The van der Waals surface area contributed by atoms with Gasteiger partial charge in [0, 0.05) is 47.8 Å². The summed E-state index contributed by atoms with van der Waals surface area (Å²) in [5.74, 6) is 3.42. The summed E-state index contributed by atoms with van der Waals surface area (Å²) in [6.45, 7) is 4.58. The van der Waals surface area contributed by atoms with Crippen molar-refractivity contribution in [1.82, 2.24) is 25.2 Å². The third-order valence-corrected chi connectivity index (χ3v) is 11.4. The molecular weight excluding hydrogens is 632 g/mol. The second-order valence-electron chi connectivity index (χ2n) is 15.0. The highest BCUT2D eigenvalue weighted by Gasteiger charge is 2.35. The van der Waals surface area contributed by atoms with Crippen molar-refractivity contribution >= 4 is 17.8 Å². The van der Waals surface area contributed by atoms with Crippen molar-refractivity contribution in [2.24, 2.45) is 11.8 Å². The molecule has 3 aromatic rings. The average Bonchev–Trinajstić information content (AvgIpc) is 3.87. The lowest BCUT2D eigenvalue weighted by atomic mass is 9.79. The van der Waals surface area contributed by atoms with Gasteiger partial charge in [-0.1, -0.05) is 0 Å². The van der Waals surface area contributed by atoms with Gasteiger partial charge >= 0.3 is 6.09 Å². The van der Waals surface area contributed by atoms with Crippen molar-refractivity contribution in [1.29, 1.82) is 0 Å². The number of methoxy groups -OCH3 is 1. The van der Waals surface area contributed by atoms with Gasteiger partial charge in [0.2, 0.25) is 5.91 Å². The molecule has 7 rings (SSSR count). The van der Waals surface area contributed by atoms with Crippen LogP contribution in [-0.2, 0) is 9.53 Å². The highest BCUT2D eigenvalue weighted by atomic mass is 16.6. The monoisotopic (exact) mass is 684 g/mol. The molecule has 0 unspecified atom stereocenters. The van der Waals surface area contributed by atoms with Crippen molar-refractivity contribution in [3.63, 3.8) is 0 Å². The molecule has 0 atom stereocenters. The van der Waals surface area contributed by atoms with Crippen LogP contribution < -0.4 is 15.0 Å². The number of nitrogens with one attached hydrogen (secondary N) is 1. The first kappa shape index (κ1) is 34.5. The minimum absolute atomic E-state index is 0.109. The van der Waals surface area contributed by atoms with E-state index in [-0.39, 0.29) is 30.1 Å². The number of rotatable bonds is 10. The van der Waals surface area contributed by atoms with Crippen molar-refractivity contribution < 1.29 is 23.5 Å². The van der Waals surface area contributed by atoms with Crippen LogP contribution in [0.4, 0.5) is 10.6 Å². The molecule has 1 N–H and O–H groups in total. The first-order valence-corrected chi connectivity index (χ1v) is 18.7. The summed E-state index contributed by atoms with van der Waals surface area (Å²) >= 11 is 0. The lowest BCUT2D eigenvalue weighted by molar-refractivity contribution is -0.124. The largest absolute Gasteiger partial charge is 0.495 e. The van der Waals surface area contributed by atoms with Gasteiger partial charge in [0.1, 0.15) is 29.6 Å². The van der Waals surface area contributed by atoms with Gasteiger partial charge in [-0.25, -0.2) is 14.8 Å². The Balaban J connectivity index is 1.01. The number of pyridine rings is 2. The van der Waals surface area contributed by atoms with Crippen molar-refractivity contribution in [2.75, 3.05) is 38.7 Å². The van der Waals surface area contributed by atoms with Crippen LogP contribution in [0.25, 0.3) is 11.3 Å². The molecule has 11 heteroatoms. The molecule has 50 heavy (non-hydrogen) atoms. The third kappa shape index (κ3) is 8.30. The van der Waals surface area contributed by atoms with E-state index in [1.807, 2.05) is 30.0 Å². The van der Waals surface area contributed by atoms with Crippen LogP contribution in [0.5, 0.6) is 5.75 Å². The second kappa shape index (κ2) is 15.5. The van der Waals surface area contributed by atoms with Crippen LogP contribution in [0.3, 0.4) is 0 Å². The molecule has 2 amide bonds. The zero-order valence-corrected chi connectivity index (χ0v) is 29.8. The average molecular weight is 685 g/mol. The van der Waals surface area contributed by atoms with Crippen LogP contribution >= 0.6 is 0 Å². The van der Waals surface area contributed by atoms with E-state index in [2.05, 4.69) is 23.3 Å². The first-order valence-electron chi connectivity index (χ1n) is 18.7. The Kier molecular flexibility index (Phi) is 10.7. The number of nitrogens with zero attached hydrogens (tertiary/aromatic N) is 5. The number of amides is 2. The van der Waals surface area contributed by atoms with Gasteiger partial charge in [-0.15, -0.1) is 0 Å². The normalized spacial score (nSPS) is 24.8. The molecule has 11 nitrogen and oxygen atoms in total. The van der Waals surface area contributed by atoms with E-state index in [4.69, 9.17) is 28.8 Å². The number of aryl methyl sites for hydroxylation is 1. The fourth-order valence-corrected chi connectivity index (χ4v) is 8.02. The highest BCUT2D eigenvalue weighted by molar-refractivity contribution is 5.94. The van der Waals surface area contributed by atoms with Gasteiger partial charge in [-0.3, -0.25) is 14.7 Å². The van der Waals surface area contributed by atoms with Crippen LogP contribution in [0.2, 0.25) is 0 Å². The van der Waals surface area contributed by atoms with Crippen LogP contribution in [-0.4, -0.2) is 77.8 Å². The van der Waals surface area contributed by atoms with Gasteiger partial charge in [0.05, 0.1) is 12.8 Å². The Morgan fingerprint density at radius 2 is 1.68 bits per heavy atom. The lowest BCUT2D eigenvalue weighted by Crippen LogP contribution is -2.45. The molecule has 0 aromatic carbocycles. The maximum atomic E-state index is 14.4. The molecule has 3 aliphatic carbocycles. The van der Waals surface area contributed by atoms with Gasteiger partial charge in [-0.05, 0) is 134 Å². The molecule has 1 saturated heterocycles. The Morgan fingerprint density at radius 3 is 2.38 bits per heavy atom. The Labute approximate surface area is 295 Å². The highest BCUT2D eigenvalue weighted by Crippen LogP contribution is 2.41. The zero-order chi connectivity index (χ0) is 34.6. The predicted octanol–water partition coefficient (Wildman–Crippen LogP) is 7.01. The number of carbonyl (C=O) groups excluding carboxylic acids is 2. The summed E-state index contributed by atoms with van der Waals surface area (Å²) in [6, 6.07) is 8.21. The van der Waals surface area contributed by atoms with Gasteiger partial charge in [0.15, 0.2) is 5.89 Å². The summed E-state index contributed by atoms with van der Waals surface area (Å²) in [5.41, 5.74) is 3.73.